The third-order valence-corrected chi connectivity index (χ3v) is 3.15. The molecule has 0 unspecified atom stereocenters. The van der Waals surface area contributed by atoms with Crippen molar-refractivity contribution in [2.75, 3.05) is 12.4 Å². The zero-order chi connectivity index (χ0) is 10.4. The largest absolute Gasteiger partial charge is 0.388 e. The Labute approximate surface area is 89.1 Å². The van der Waals surface area contributed by atoms with Gasteiger partial charge in [-0.3, -0.25) is 0 Å². The van der Waals surface area contributed by atoms with E-state index in [9.17, 15) is 0 Å². The van der Waals surface area contributed by atoms with Crippen LogP contribution in [0.4, 0.5) is 5.69 Å². The number of hydrogen-bond acceptors (Lipinski definition) is 2. The second-order valence-electron chi connectivity index (χ2n) is 4.26. The summed E-state index contributed by atoms with van der Waals surface area (Å²) in [4.78, 5) is 4.68. The highest BCUT2D eigenvalue weighted by molar-refractivity contribution is 5.80. The Bertz CT molecular complexity index is 509. The van der Waals surface area contributed by atoms with Crippen LogP contribution in [0.5, 0.6) is 0 Å². The Balaban J connectivity index is 2.21. The predicted molar refractivity (Wildman–Crippen MR) is 62.2 cm³/mol. The van der Waals surface area contributed by atoms with E-state index in [1.807, 2.05) is 7.05 Å². The monoisotopic (exact) mass is 201 g/mol. The first-order chi connectivity index (χ1) is 7.29. The zero-order valence-corrected chi connectivity index (χ0v) is 9.12. The van der Waals surface area contributed by atoms with Crippen molar-refractivity contribution in [3.8, 4) is 0 Å². The fraction of sp³-hybridized carbons (Fsp3) is 0.417. The van der Waals surface area contributed by atoms with Gasteiger partial charge in [-0.2, -0.15) is 0 Å². The molecule has 0 atom stereocenters. The molecule has 0 radical (unpaired) electrons. The molecule has 78 valence electrons. The van der Waals surface area contributed by atoms with Crippen molar-refractivity contribution in [3.63, 3.8) is 0 Å². The molecular formula is C12H15N3. The molecule has 2 aromatic rings. The summed E-state index contributed by atoms with van der Waals surface area (Å²) in [5.74, 6) is 1.96. The number of aromatic nitrogens is 2. The average Bonchev–Trinajstić information content (AvgIpc) is 3.05. The first kappa shape index (κ1) is 8.77. The van der Waals surface area contributed by atoms with Crippen molar-refractivity contribution < 1.29 is 0 Å². The number of hydrogen-bond donors (Lipinski definition) is 1. The summed E-state index contributed by atoms with van der Waals surface area (Å²) in [5.41, 5.74) is 3.48. The molecule has 1 aromatic heterocycles. The number of imidazole rings is 1. The van der Waals surface area contributed by atoms with Gasteiger partial charge >= 0.3 is 0 Å². The van der Waals surface area contributed by atoms with E-state index in [4.69, 9.17) is 0 Å². The number of nitrogens with zero attached hydrogens (tertiary/aromatic N) is 2. The van der Waals surface area contributed by atoms with Crippen LogP contribution < -0.4 is 5.32 Å². The fourth-order valence-corrected chi connectivity index (χ4v) is 2.07. The molecule has 1 aromatic carbocycles. The second-order valence-corrected chi connectivity index (χ2v) is 4.26. The number of nitrogens with one attached hydrogen (secondary N) is 1. The van der Waals surface area contributed by atoms with Gasteiger partial charge in [0, 0.05) is 25.7 Å². The summed E-state index contributed by atoms with van der Waals surface area (Å²) >= 11 is 0. The molecule has 1 fully saturated rings. The molecule has 15 heavy (non-hydrogen) atoms. The Kier molecular flexibility index (Phi) is 1.75. The Morgan fingerprint density at radius 1 is 1.40 bits per heavy atom. The Morgan fingerprint density at radius 2 is 2.20 bits per heavy atom. The van der Waals surface area contributed by atoms with Gasteiger partial charge in [0.25, 0.3) is 0 Å². The van der Waals surface area contributed by atoms with E-state index in [1.165, 1.54) is 24.2 Å². The van der Waals surface area contributed by atoms with Crippen LogP contribution in [-0.4, -0.2) is 16.6 Å². The van der Waals surface area contributed by atoms with Gasteiger partial charge in [-0.1, -0.05) is 0 Å². The maximum Gasteiger partial charge on any atom is 0.112 e. The number of anilines is 1. The number of fused-ring (bicyclic) bond motifs is 1. The molecule has 1 heterocycles. The maximum atomic E-state index is 4.68. The summed E-state index contributed by atoms with van der Waals surface area (Å²) in [6, 6.07) is 6.33. The minimum Gasteiger partial charge on any atom is -0.388 e. The minimum atomic E-state index is 0.709. The lowest BCUT2D eigenvalue weighted by atomic mass is 10.3. The van der Waals surface area contributed by atoms with E-state index in [2.05, 4.69) is 40.1 Å². The van der Waals surface area contributed by atoms with Crippen LogP contribution in [0.3, 0.4) is 0 Å². The van der Waals surface area contributed by atoms with Crippen LogP contribution in [0.15, 0.2) is 18.2 Å². The van der Waals surface area contributed by atoms with E-state index >= 15 is 0 Å². The molecule has 0 aliphatic heterocycles. The van der Waals surface area contributed by atoms with Crippen molar-refractivity contribution in [3.05, 3.63) is 24.0 Å². The van der Waals surface area contributed by atoms with Crippen LogP contribution in [0.1, 0.15) is 24.6 Å². The Morgan fingerprint density at radius 3 is 2.87 bits per heavy atom. The van der Waals surface area contributed by atoms with Gasteiger partial charge in [-0.05, 0) is 31.0 Å². The number of rotatable bonds is 2. The van der Waals surface area contributed by atoms with Crippen molar-refractivity contribution >= 4 is 16.7 Å². The fourth-order valence-electron chi connectivity index (χ4n) is 2.07. The van der Waals surface area contributed by atoms with E-state index < -0.39 is 0 Å². The molecular weight excluding hydrogens is 186 g/mol. The second kappa shape index (κ2) is 2.99. The molecule has 3 rings (SSSR count). The van der Waals surface area contributed by atoms with Gasteiger partial charge in [0.15, 0.2) is 0 Å². The summed E-state index contributed by atoms with van der Waals surface area (Å²) in [6.45, 7) is 0. The highest BCUT2D eigenvalue weighted by Crippen LogP contribution is 2.40. The number of aryl methyl sites for hydroxylation is 1. The average molecular weight is 201 g/mol. The van der Waals surface area contributed by atoms with Crippen molar-refractivity contribution in [1.29, 1.82) is 0 Å². The lowest BCUT2D eigenvalue weighted by Crippen LogP contribution is -1.95. The third-order valence-electron chi connectivity index (χ3n) is 3.15. The standard InChI is InChI=1S/C12H15N3/c1-13-9-5-6-10-11(7-9)15(2)12(14-10)8-3-4-8/h5-8,13H,3-4H2,1-2H3. The molecule has 3 heteroatoms. The first-order valence-electron chi connectivity index (χ1n) is 5.43. The predicted octanol–water partition coefficient (Wildman–Crippen LogP) is 2.49. The van der Waals surface area contributed by atoms with Crippen LogP contribution >= 0.6 is 0 Å². The molecule has 1 aliphatic carbocycles. The van der Waals surface area contributed by atoms with Crippen molar-refractivity contribution in [2.45, 2.75) is 18.8 Å². The van der Waals surface area contributed by atoms with Gasteiger partial charge in [0.2, 0.25) is 0 Å². The van der Waals surface area contributed by atoms with Crippen molar-refractivity contribution in [1.82, 2.24) is 9.55 Å². The van der Waals surface area contributed by atoms with E-state index in [0.717, 1.165) is 11.2 Å². The van der Waals surface area contributed by atoms with Gasteiger partial charge in [-0.15, -0.1) is 0 Å². The van der Waals surface area contributed by atoms with Crippen molar-refractivity contribution in [2.24, 2.45) is 7.05 Å². The van der Waals surface area contributed by atoms with Crippen LogP contribution in [0.25, 0.3) is 11.0 Å². The third kappa shape index (κ3) is 1.30. The van der Waals surface area contributed by atoms with Gasteiger partial charge in [-0.25, -0.2) is 4.98 Å². The lowest BCUT2D eigenvalue weighted by molar-refractivity contribution is 0.820. The zero-order valence-electron chi connectivity index (χ0n) is 9.12. The molecule has 0 saturated heterocycles. The molecule has 0 bridgehead atoms. The molecule has 1 N–H and O–H groups in total. The Hall–Kier alpha value is -1.51. The van der Waals surface area contributed by atoms with Gasteiger partial charge in [0.05, 0.1) is 11.0 Å². The van der Waals surface area contributed by atoms with Crippen LogP contribution in [0, 0.1) is 0 Å². The molecule has 0 spiro atoms. The van der Waals surface area contributed by atoms with E-state index in [0.29, 0.717) is 5.92 Å². The topological polar surface area (TPSA) is 29.9 Å². The minimum absolute atomic E-state index is 0.709. The summed E-state index contributed by atoms with van der Waals surface area (Å²) in [5, 5.41) is 3.16. The summed E-state index contributed by atoms with van der Waals surface area (Å²) in [6.07, 6.45) is 2.60. The molecule has 3 nitrogen and oxygen atoms in total. The molecule has 1 aliphatic rings. The van der Waals surface area contributed by atoms with E-state index in [-0.39, 0.29) is 0 Å². The van der Waals surface area contributed by atoms with Gasteiger partial charge < -0.3 is 9.88 Å². The molecule has 1 saturated carbocycles. The molecule has 0 amide bonds. The summed E-state index contributed by atoms with van der Waals surface area (Å²) < 4.78 is 2.23. The van der Waals surface area contributed by atoms with Crippen LogP contribution in [0.2, 0.25) is 0 Å². The number of benzene rings is 1. The summed E-state index contributed by atoms with van der Waals surface area (Å²) in [7, 11) is 4.06. The first-order valence-corrected chi connectivity index (χ1v) is 5.43. The highest BCUT2D eigenvalue weighted by Gasteiger charge is 2.28. The SMILES string of the molecule is CNc1ccc2nc(C3CC3)n(C)c2c1. The maximum absolute atomic E-state index is 4.68. The van der Waals surface area contributed by atoms with Gasteiger partial charge in [0.1, 0.15) is 5.82 Å². The highest BCUT2D eigenvalue weighted by atomic mass is 15.1. The lowest BCUT2D eigenvalue weighted by Gasteiger charge is -2.01. The van der Waals surface area contributed by atoms with E-state index in [1.54, 1.807) is 0 Å². The normalized spacial score (nSPS) is 15.9. The van der Waals surface area contributed by atoms with Crippen LogP contribution in [-0.2, 0) is 7.05 Å². The smallest absolute Gasteiger partial charge is 0.112 e. The quantitative estimate of drug-likeness (QED) is 0.809.